The van der Waals surface area contributed by atoms with Crippen LogP contribution in [0.25, 0.3) is 0 Å². The summed E-state index contributed by atoms with van der Waals surface area (Å²) in [6.07, 6.45) is 0.867. The monoisotopic (exact) mass is 380 g/mol. The fraction of sp³-hybridized carbons (Fsp3) is 0.571. The van der Waals surface area contributed by atoms with Gasteiger partial charge in [-0.3, -0.25) is 0 Å². The Hall–Kier alpha value is -0.500. The summed E-state index contributed by atoms with van der Waals surface area (Å²) in [7, 11) is -0.668. The summed E-state index contributed by atoms with van der Waals surface area (Å²) in [5.74, 6) is -0.472. The van der Waals surface area contributed by atoms with E-state index in [1.165, 1.54) is 17.4 Å². The number of nitrogens with zero attached hydrogens (tertiary/aromatic N) is 1. The molecule has 0 aliphatic carbocycles. The van der Waals surface area contributed by atoms with Gasteiger partial charge >= 0.3 is 0 Å². The largest absolute Gasteiger partial charge is 0.316 e. The molecule has 7 heteroatoms. The molecule has 0 radical (unpaired) electrons. The van der Waals surface area contributed by atoms with Crippen LogP contribution in [-0.4, -0.2) is 33.4 Å². The molecule has 1 N–H and O–H groups in total. The van der Waals surface area contributed by atoms with Crippen molar-refractivity contribution in [2.45, 2.75) is 31.7 Å². The molecule has 1 rings (SSSR count). The Morgan fingerprint density at radius 1 is 1.43 bits per heavy atom. The normalized spacial score (nSPS) is 13.7. The summed E-state index contributed by atoms with van der Waals surface area (Å²) < 4.78 is 41.3. The van der Waals surface area contributed by atoms with Crippen molar-refractivity contribution in [3.63, 3.8) is 0 Å². The molecular weight excluding hydrogens is 359 g/mol. The highest BCUT2D eigenvalue weighted by Crippen LogP contribution is 2.26. The molecule has 0 aromatic heterocycles. The minimum Gasteiger partial charge on any atom is -0.316 e. The van der Waals surface area contributed by atoms with Crippen LogP contribution in [0.15, 0.2) is 21.5 Å². The lowest BCUT2D eigenvalue weighted by Gasteiger charge is -2.21. The predicted octanol–water partition coefficient (Wildman–Crippen LogP) is 2.97. The Labute approximate surface area is 134 Å². The lowest BCUT2D eigenvalue weighted by Crippen LogP contribution is -2.32. The molecule has 21 heavy (non-hydrogen) atoms. The van der Waals surface area contributed by atoms with Crippen molar-refractivity contribution in [1.29, 1.82) is 0 Å². The van der Waals surface area contributed by atoms with Gasteiger partial charge in [-0.1, -0.05) is 36.2 Å². The summed E-state index contributed by atoms with van der Waals surface area (Å²) in [5, 5.41) is 2.83. The van der Waals surface area contributed by atoms with E-state index in [0.29, 0.717) is 16.6 Å². The number of hydrogen-bond acceptors (Lipinski definition) is 3. The molecule has 0 amide bonds. The van der Waals surface area contributed by atoms with Crippen molar-refractivity contribution in [3.8, 4) is 0 Å². The van der Waals surface area contributed by atoms with Gasteiger partial charge in [0.25, 0.3) is 0 Å². The van der Waals surface area contributed by atoms with E-state index in [1.807, 2.05) is 13.8 Å². The first-order valence-corrected chi connectivity index (χ1v) is 9.06. The molecular formula is C14H22BrFN2O2S. The summed E-state index contributed by atoms with van der Waals surface area (Å²) >= 11 is 3.25. The summed E-state index contributed by atoms with van der Waals surface area (Å²) in [4.78, 5) is -0.284. The van der Waals surface area contributed by atoms with E-state index in [-0.39, 0.29) is 17.4 Å². The molecule has 1 unspecified atom stereocenters. The first kappa shape index (κ1) is 18.5. The van der Waals surface area contributed by atoms with Crippen LogP contribution < -0.4 is 5.32 Å². The van der Waals surface area contributed by atoms with Gasteiger partial charge in [-0.25, -0.2) is 17.1 Å². The van der Waals surface area contributed by atoms with E-state index >= 15 is 0 Å². The minimum absolute atomic E-state index is 0.219. The zero-order chi connectivity index (χ0) is 16.2. The van der Waals surface area contributed by atoms with Crippen LogP contribution >= 0.6 is 15.9 Å². The second-order valence-electron chi connectivity index (χ2n) is 5.21. The molecule has 0 heterocycles. The van der Waals surface area contributed by atoms with E-state index in [9.17, 15) is 12.8 Å². The average molecular weight is 381 g/mol. The van der Waals surface area contributed by atoms with Gasteiger partial charge < -0.3 is 5.32 Å². The maximum atomic E-state index is 14.4. The average Bonchev–Trinajstić information content (AvgIpc) is 2.42. The fourth-order valence-electron chi connectivity index (χ4n) is 1.96. The van der Waals surface area contributed by atoms with Crippen LogP contribution in [0.5, 0.6) is 0 Å². The highest BCUT2D eigenvalue weighted by molar-refractivity contribution is 9.10. The van der Waals surface area contributed by atoms with Gasteiger partial charge in [0.15, 0.2) is 0 Å². The van der Waals surface area contributed by atoms with Crippen molar-refractivity contribution < 1.29 is 12.8 Å². The Kier molecular flexibility index (Phi) is 6.77. The summed E-state index contributed by atoms with van der Waals surface area (Å²) in [6.45, 7) is 4.60. The number of sulfonamides is 1. The van der Waals surface area contributed by atoms with Crippen LogP contribution in [0.1, 0.15) is 25.8 Å². The third-order valence-corrected chi connectivity index (χ3v) is 5.68. The first-order chi connectivity index (χ1) is 9.73. The van der Waals surface area contributed by atoms with Gasteiger partial charge in [0.2, 0.25) is 10.0 Å². The van der Waals surface area contributed by atoms with Gasteiger partial charge in [-0.15, -0.1) is 0 Å². The van der Waals surface area contributed by atoms with E-state index in [4.69, 9.17) is 0 Å². The highest BCUT2D eigenvalue weighted by atomic mass is 79.9. The van der Waals surface area contributed by atoms with Gasteiger partial charge in [0, 0.05) is 30.2 Å². The second-order valence-corrected chi connectivity index (χ2v) is 8.14. The van der Waals surface area contributed by atoms with Crippen molar-refractivity contribution >= 4 is 26.0 Å². The minimum atomic E-state index is -3.84. The predicted molar refractivity (Wildman–Crippen MR) is 86.1 cm³/mol. The molecule has 120 valence electrons. The molecule has 0 aliphatic heterocycles. The van der Waals surface area contributed by atoms with E-state index in [1.54, 1.807) is 13.1 Å². The van der Waals surface area contributed by atoms with Crippen LogP contribution in [0, 0.1) is 11.7 Å². The molecule has 0 bridgehead atoms. The van der Waals surface area contributed by atoms with Gasteiger partial charge in [-0.2, -0.15) is 0 Å². The maximum absolute atomic E-state index is 14.4. The Balaban J connectivity index is 3.25. The van der Waals surface area contributed by atoms with Gasteiger partial charge in [0.05, 0.1) is 0 Å². The Morgan fingerprint density at radius 3 is 2.57 bits per heavy atom. The Bertz CT molecular complexity index is 593. The number of hydrogen-bond donors (Lipinski definition) is 1. The maximum Gasteiger partial charge on any atom is 0.245 e. The topological polar surface area (TPSA) is 49.4 Å². The summed E-state index contributed by atoms with van der Waals surface area (Å²) in [5.41, 5.74) is 0.322. The van der Waals surface area contributed by atoms with Crippen molar-refractivity contribution in [2.75, 3.05) is 20.6 Å². The molecule has 0 spiro atoms. The standard InChI is InChI=1S/C14H22BrFN2O2S/c1-5-10(2)9-18(4)21(19,20)13-7-12(15)6-11(8-17-3)14(13)16/h6-7,10,17H,5,8-9H2,1-4H3. The number of nitrogens with one attached hydrogen (secondary N) is 1. The van der Waals surface area contributed by atoms with E-state index in [0.717, 1.165) is 6.42 Å². The summed E-state index contributed by atoms with van der Waals surface area (Å²) in [6, 6.07) is 2.90. The molecule has 0 saturated carbocycles. The number of halogens is 2. The van der Waals surface area contributed by atoms with Gasteiger partial charge in [0.1, 0.15) is 10.7 Å². The van der Waals surface area contributed by atoms with E-state index in [2.05, 4.69) is 21.2 Å². The first-order valence-electron chi connectivity index (χ1n) is 6.82. The lowest BCUT2D eigenvalue weighted by molar-refractivity contribution is 0.391. The molecule has 4 nitrogen and oxygen atoms in total. The highest BCUT2D eigenvalue weighted by Gasteiger charge is 2.27. The van der Waals surface area contributed by atoms with E-state index < -0.39 is 15.8 Å². The zero-order valence-corrected chi connectivity index (χ0v) is 15.2. The van der Waals surface area contributed by atoms with Crippen LogP contribution in [0.2, 0.25) is 0 Å². The number of benzene rings is 1. The smallest absolute Gasteiger partial charge is 0.245 e. The number of rotatable bonds is 7. The van der Waals surface area contributed by atoms with Crippen LogP contribution in [-0.2, 0) is 16.6 Å². The third kappa shape index (κ3) is 4.48. The lowest BCUT2D eigenvalue weighted by atomic mass is 10.1. The SMILES string of the molecule is CCC(C)CN(C)S(=O)(=O)c1cc(Br)cc(CNC)c1F. The van der Waals surface area contributed by atoms with Gasteiger partial charge in [-0.05, 0) is 25.1 Å². The quantitative estimate of drug-likeness (QED) is 0.790. The second kappa shape index (κ2) is 7.67. The van der Waals surface area contributed by atoms with Crippen LogP contribution in [0.3, 0.4) is 0 Å². The molecule has 1 aromatic carbocycles. The molecule has 1 aromatic rings. The zero-order valence-electron chi connectivity index (χ0n) is 12.8. The molecule has 0 aliphatic rings. The Morgan fingerprint density at radius 2 is 2.05 bits per heavy atom. The van der Waals surface area contributed by atoms with Crippen molar-refractivity contribution in [1.82, 2.24) is 9.62 Å². The van der Waals surface area contributed by atoms with Crippen molar-refractivity contribution in [3.05, 3.63) is 28.0 Å². The third-order valence-electron chi connectivity index (χ3n) is 3.40. The molecule has 0 saturated heterocycles. The van der Waals surface area contributed by atoms with Crippen molar-refractivity contribution in [2.24, 2.45) is 5.92 Å². The fourth-order valence-corrected chi connectivity index (χ4v) is 4.04. The molecule has 0 fully saturated rings. The molecule has 1 atom stereocenters. The van der Waals surface area contributed by atoms with Crippen LogP contribution in [0.4, 0.5) is 4.39 Å².